The van der Waals surface area contributed by atoms with Gasteiger partial charge in [-0.2, -0.15) is 8.78 Å². The van der Waals surface area contributed by atoms with E-state index >= 15 is 0 Å². The van der Waals surface area contributed by atoms with Crippen LogP contribution in [-0.4, -0.2) is 19.8 Å². The van der Waals surface area contributed by atoms with Gasteiger partial charge in [0.15, 0.2) is 0 Å². The Balaban J connectivity index is 2.14. The zero-order chi connectivity index (χ0) is 14.4. The van der Waals surface area contributed by atoms with Gasteiger partial charge in [0.05, 0.1) is 18.9 Å². The van der Waals surface area contributed by atoms with Crippen molar-refractivity contribution in [2.24, 2.45) is 0 Å². The van der Waals surface area contributed by atoms with Crippen molar-refractivity contribution in [3.63, 3.8) is 0 Å². The Bertz CT molecular complexity index is 446. The van der Waals surface area contributed by atoms with Gasteiger partial charge in [0.1, 0.15) is 5.75 Å². The summed E-state index contributed by atoms with van der Waals surface area (Å²) in [5, 5.41) is 3.39. The summed E-state index contributed by atoms with van der Waals surface area (Å²) in [5.74, 6) is 0.174. The topological polar surface area (TPSA) is 30.5 Å². The Morgan fingerprint density at radius 1 is 1.30 bits per heavy atom. The van der Waals surface area contributed by atoms with Crippen LogP contribution in [0.4, 0.5) is 8.78 Å². The second kappa shape index (κ2) is 7.24. The number of hydrogen-bond acceptors (Lipinski definition) is 3. The molecule has 0 radical (unpaired) electrons. The molecule has 1 atom stereocenters. The molecular formula is C15H19F2NO2. The highest BCUT2D eigenvalue weighted by molar-refractivity contribution is 5.33. The molecule has 1 unspecified atom stereocenters. The highest BCUT2D eigenvalue weighted by Gasteiger charge is 2.18. The van der Waals surface area contributed by atoms with Gasteiger partial charge in [-0.15, -0.1) is 0 Å². The molecule has 1 aliphatic heterocycles. The first-order chi connectivity index (χ1) is 9.70. The van der Waals surface area contributed by atoms with Crippen LogP contribution in [0.1, 0.15) is 31.4 Å². The number of benzene rings is 1. The first kappa shape index (κ1) is 14.8. The van der Waals surface area contributed by atoms with Crippen molar-refractivity contribution in [2.45, 2.75) is 32.4 Å². The third-order valence-corrected chi connectivity index (χ3v) is 3.18. The van der Waals surface area contributed by atoms with Gasteiger partial charge in [-0.3, -0.25) is 0 Å². The first-order valence-electron chi connectivity index (χ1n) is 6.79. The summed E-state index contributed by atoms with van der Waals surface area (Å²) in [4.78, 5) is 0. The number of alkyl halides is 2. The molecule has 0 saturated carbocycles. The highest BCUT2D eigenvalue weighted by Crippen LogP contribution is 2.29. The van der Waals surface area contributed by atoms with E-state index in [1.807, 2.05) is 6.92 Å². The van der Waals surface area contributed by atoms with Crippen LogP contribution in [-0.2, 0) is 4.74 Å². The SMILES string of the molecule is CCNC(C1=COCCC1)c1ccc(OC(F)F)cc1. The summed E-state index contributed by atoms with van der Waals surface area (Å²) >= 11 is 0. The van der Waals surface area contributed by atoms with Crippen molar-refractivity contribution in [2.75, 3.05) is 13.2 Å². The minimum Gasteiger partial charge on any atom is -0.501 e. The van der Waals surface area contributed by atoms with Crippen molar-refractivity contribution in [3.05, 3.63) is 41.7 Å². The van der Waals surface area contributed by atoms with Crippen molar-refractivity contribution in [1.29, 1.82) is 0 Å². The van der Waals surface area contributed by atoms with E-state index in [1.165, 1.54) is 5.57 Å². The first-order valence-corrected chi connectivity index (χ1v) is 6.79. The minimum atomic E-state index is -2.79. The summed E-state index contributed by atoms with van der Waals surface area (Å²) in [6, 6.07) is 6.80. The van der Waals surface area contributed by atoms with Gasteiger partial charge in [-0.1, -0.05) is 19.1 Å². The normalized spacial score (nSPS) is 16.5. The zero-order valence-electron chi connectivity index (χ0n) is 11.4. The summed E-state index contributed by atoms with van der Waals surface area (Å²) in [6.07, 6.45) is 3.79. The molecule has 1 aromatic carbocycles. The van der Waals surface area contributed by atoms with Crippen LogP contribution in [0.5, 0.6) is 5.75 Å². The highest BCUT2D eigenvalue weighted by atomic mass is 19.3. The van der Waals surface area contributed by atoms with Crippen LogP contribution < -0.4 is 10.1 Å². The molecule has 1 aliphatic rings. The van der Waals surface area contributed by atoms with Crippen molar-refractivity contribution in [1.82, 2.24) is 5.32 Å². The van der Waals surface area contributed by atoms with Crippen LogP contribution in [0.3, 0.4) is 0 Å². The maximum absolute atomic E-state index is 12.1. The molecule has 1 aromatic rings. The third-order valence-electron chi connectivity index (χ3n) is 3.18. The molecule has 20 heavy (non-hydrogen) atoms. The monoisotopic (exact) mass is 283 g/mol. The van der Waals surface area contributed by atoms with Gasteiger partial charge >= 0.3 is 6.61 Å². The second-order valence-electron chi connectivity index (χ2n) is 4.61. The maximum atomic E-state index is 12.1. The lowest BCUT2D eigenvalue weighted by atomic mass is 9.95. The average Bonchev–Trinajstić information content (AvgIpc) is 2.46. The van der Waals surface area contributed by atoms with Gasteiger partial charge < -0.3 is 14.8 Å². The number of ether oxygens (including phenoxy) is 2. The van der Waals surface area contributed by atoms with Crippen LogP contribution in [0.25, 0.3) is 0 Å². The Labute approximate surface area is 117 Å². The van der Waals surface area contributed by atoms with E-state index < -0.39 is 6.61 Å². The number of likely N-dealkylation sites (N-methyl/N-ethyl adjacent to an activating group) is 1. The number of hydrogen-bond donors (Lipinski definition) is 1. The van der Waals surface area contributed by atoms with E-state index in [-0.39, 0.29) is 11.8 Å². The van der Waals surface area contributed by atoms with Crippen LogP contribution in [0, 0.1) is 0 Å². The van der Waals surface area contributed by atoms with Crippen molar-refractivity contribution < 1.29 is 18.3 Å². The van der Waals surface area contributed by atoms with Crippen LogP contribution in [0.15, 0.2) is 36.1 Å². The van der Waals surface area contributed by atoms with E-state index in [9.17, 15) is 8.78 Å². The Morgan fingerprint density at radius 3 is 2.60 bits per heavy atom. The summed E-state index contributed by atoms with van der Waals surface area (Å²) in [6.45, 7) is 0.812. The van der Waals surface area contributed by atoms with Gasteiger partial charge in [0.25, 0.3) is 0 Å². The standard InChI is InChI=1S/C15H19F2NO2/c1-2-18-14(12-4-3-9-19-10-12)11-5-7-13(8-6-11)20-15(16)17/h5-8,10,14-15,18H,2-4,9H2,1H3. The lowest BCUT2D eigenvalue weighted by molar-refractivity contribution is -0.0498. The van der Waals surface area contributed by atoms with Gasteiger partial charge in [-0.05, 0) is 42.7 Å². The Hall–Kier alpha value is -1.62. The number of rotatable bonds is 6. The van der Waals surface area contributed by atoms with Gasteiger partial charge in [0, 0.05) is 0 Å². The smallest absolute Gasteiger partial charge is 0.387 e. The molecule has 0 spiro atoms. The molecule has 110 valence electrons. The molecule has 0 amide bonds. The molecule has 1 N–H and O–H groups in total. The molecule has 5 heteroatoms. The molecule has 0 saturated heterocycles. The summed E-state index contributed by atoms with van der Waals surface area (Å²) in [5.41, 5.74) is 2.20. The zero-order valence-corrected chi connectivity index (χ0v) is 11.4. The fraction of sp³-hybridized carbons (Fsp3) is 0.467. The van der Waals surface area contributed by atoms with E-state index in [0.29, 0.717) is 0 Å². The molecule has 1 heterocycles. The largest absolute Gasteiger partial charge is 0.501 e. The second-order valence-corrected chi connectivity index (χ2v) is 4.61. The fourth-order valence-electron chi connectivity index (χ4n) is 2.31. The Kier molecular flexibility index (Phi) is 5.35. The molecule has 3 nitrogen and oxygen atoms in total. The van der Waals surface area contributed by atoms with E-state index in [1.54, 1.807) is 30.5 Å². The third kappa shape index (κ3) is 3.93. The van der Waals surface area contributed by atoms with Gasteiger partial charge in [0.2, 0.25) is 0 Å². The van der Waals surface area contributed by atoms with Crippen LogP contribution >= 0.6 is 0 Å². The average molecular weight is 283 g/mol. The summed E-state index contributed by atoms with van der Waals surface area (Å²) in [7, 11) is 0. The lowest BCUT2D eigenvalue weighted by Crippen LogP contribution is -2.24. The van der Waals surface area contributed by atoms with Crippen LogP contribution in [0.2, 0.25) is 0 Å². The Morgan fingerprint density at radius 2 is 2.05 bits per heavy atom. The molecule has 0 aromatic heterocycles. The molecule has 0 fully saturated rings. The lowest BCUT2D eigenvalue weighted by Gasteiger charge is -2.24. The predicted octanol–water partition coefficient (Wildman–Crippen LogP) is 3.63. The number of nitrogens with one attached hydrogen (secondary N) is 1. The molecular weight excluding hydrogens is 264 g/mol. The van der Waals surface area contributed by atoms with E-state index in [2.05, 4.69) is 10.1 Å². The van der Waals surface area contributed by atoms with Crippen molar-refractivity contribution >= 4 is 0 Å². The predicted molar refractivity (Wildman–Crippen MR) is 72.8 cm³/mol. The maximum Gasteiger partial charge on any atom is 0.387 e. The fourth-order valence-corrected chi connectivity index (χ4v) is 2.31. The van der Waals surface area contributed by atoms with Crippen molar-refractivity contribution in [3.8, 4) is 5.75 Å². The molecule has 0 bridgehead atoms. The quantitative estimate of drug-likeness (QED) is 0.864. The van der Waals surface area contributed by atoms with E-state index in [4.69, 9.17) is 4.74 Å². The van der Waals surface area contributed by atoms with Gasteiger partial charge in [-0.25, -0.2) is 0 Å². The molecule has 0 aliphatic carbocycles. The molecule has 2 rings (SSSR count). The minimum absolute atomic E-state index is 0.0564. The summed E-state index contributed by atoms with van der Waals surface area (Å²) < 4.78 is 34.0. The number of halogens is 2. The van der Waals surface area contributed by atoms with E-state index in [0.717, 1.165) is 31.6 Å².